The minimum Gasteiger partial charge on any atom is -0.213 e. The van der Waals surface area contributed by atoms with Crippen LogP contribution in [0.5, 0.6) is 0 Å². The molecular formula is C13H11IO2S. The highest BCUT2D eigenvalue weighted by Crippen LogP contribution is 2.31. The van der Waals surface area contributed by atoms with Gasteiger partial charge < -0.3 is 0 Å². The van der Waals surface area contributed by atoms with Gasteiger partial charge in [0.2, 0.25) is 7.01 Å². The maximum atomic E-state index is 11.7. The van der Waals surface area contributed by atoms with Gasteiger partial charge in [0, 0.05) is 5.56 Å². The third kappa shape index (κ3) is 2.87. The molecule has 17 heavy (non-hydrogen) atoms. The summed E-state index contributed by atoms with van der Waals surface area (Å²) >= 11 is 1.48. The van der Waals surface area contributed by atoms with Gasteiger partial charge in [-0.1, -0.05) is 48.0 Å². The molecule has 0 aliphatic carbocycles. The molecule has 0 fully saturated rings. The van der Waals surface area contributed by atoms with E-state index in [-0.39, 0.29) is 0 Å². The Balaban J connectivity index is 2.72. The van der Waals surface area contributed by atoms with Gasteiger partial charge in [0.15, 0.2) is 0 Å². The quantitative estimate of drug-likeness (QED) is 0.605. The first-order valence-corrected chi connectivity index (χ1v) is 9.12. The predicted octanol–water partition coefficient (Wildman–Crippen LogP) is 3.79. The molecule has 0 amide bonds. The lowest BCUT2D eigenvalue weighted by molar-refractivity contribution is 0.613. The molecule has 2 aromatic rings. The lowest BCUT2D eigenvalue weighted by atomic mass is 10.0. The Bertz CT molecular complexity index is 634. The van der Waals surface area contributed by atoms with Gasteiger partial charge in [-0.15, -0.1) is 0 Å². The van der Waals surface area contributed by atoms with Crippen molar-refractivity contribution in [1.82, 2.24) is 0 Å². The van der Waals surface area contributed by atoms with Crippen LogP contribution in [0.25, 0.3) is 11.1 Å². The van der Waals surface area contributed by atoms with E-state index in [1.165, 1.54) is 21.2 Å². The number of halogens is 1. The van der Waals surface area contributed by atoms with E-state index in [0.29, 0.717) is 4.90 Å². The second-order valence-corrected chi connectivity index (χ2v) is 8.60. The summed E-state index contributed by atoms with van der Waals surface area (Å²) in [4.78, 5) is 0.370. The third-order valence-electron chi connectivity index (χ3n) is 2.48. The Labute approximate surface area is 113 Å². The Morgan fingerprint density at radius 1 is 1.00 bits per heavy atom. The van der Waals surface area contributed by atoms with Crippen molar-refractivity contribution in [1.29, 1.82) is 0 Å². The number of hydrogen-bond acceptors (Lipinski definition) is 2. The second kappa shape index (κ2) is 4.78. The molecule has 0 aliphatic rings. The molecule has 0 aliphatic heterocycles. The van der Waals surface area contributed by atoms with Gasteiger partial charge in [-0.3, -0.25) is 0 Å². The van der Waals surface area contributed by atoms with E-state index in [9.17, 15) is 8.42 Å². The van der Waals surface area contributed by atoms with Crippen LogP contribution in [0.2, 0.25) is 0 Å². The van der Waals surface area contributed by atoms with Crippen molar-refractivity contribution in [2.75, 3.05) is 0 Å². The molecule has 0 spiro atoms. The third-order valence-corrected chi connectivity index (χ3v) is 4.79. The second-order valence-electron chi connectivity index (χ2n) is 3.80. The van der Waals surface area contributed by atoms with Crippen molar-refractivity contribution in [2.24, 2.45) is 0 Å². The summed E-state index contributed by atoms with van der Waals surface area (Å²) in [5.41, 5.74) is 2.74. The molecule has 88 valence electrons. The number of aryl methyl sites for hydroxylation is 1. The standard InChI is InChI=1S/C13H11IO2S/c1-10-7-8-13(17(14,15)16)12(9-10)11-5-3-2-4-6-11/h2-9H,1H3. The highest BCUT2D eigenvalue weighted by molar-refractivity contribution is 14.2. The van der Waals surface area contributed by atoms with Crippen molar-refractivity contribution < 1.29 is 8.42 Å². The molecule has 0 aromatic heterocycles. The smallest absolute Gasteiger partial charge is 0.213 e. The van der Waals surface area contributed by atoms with Crippen LogP contribution in [0.15, 0.2) is 53.4 Å². The predicted molar refractivity (Wildman–Crippen MR) is 77.8 cm³/mol. The molecule has 0 unspecified atom stereocenters. The summed E-state index contributed by atoms with van der Waals surface area (Å²) < 4.78 is 23.4. The molecule has 0 saturated carbocycles. The Morgan fingerprint density at radius 2 is 1.65 bits per heavy atom. The SMILES string of the molecule is Cc1ccc(S(=O)(=O)I)c(-c2ccccc2)c1. The maximum Gasteiger partial charge on any atom is 0.231 e. The van der Waals surface area contributed by atoms with Crippen LogP contribution in [-0.2, 0) is 7.01 Å². The van der Waals surface area contributed by atoms with Crippen LogP contribution in [0, 0.1) is 6.92 Å². The minimum atomic E-state index is -3.23. The normalized spacial score (nSPS) is 11.4. The largest absolute Gasteiger partial charge is 0.231 e. The highest BCUT2D eigenvalue weighted by atomic mass is 127. The summed E-state index contributed by atoms with van der Waals surface area (Å²) in [7, 11) is -3.23. The van der Waals surface area contributed by atoms with Crippen LogP contribution >= 0.6 is 21.2 Å². The van der Waals surface area contributed by atoms with Crippen LogP contribution in [-0.4, -0.2) is 8.42 Å². The molecule has 0 N–H and O–H groups in total. The number of benzene rings is 2. The first-order valence-electron chi connectivity index (χ1n) is 5.09. The molecule has 0 saturated heterocycles. The van der Waals surface area contributed by atoms with Gasteiger partial charge in [-0.05, 0) is 18.6 Å². The molecule has 2 rings (SSSR count). The zero-order valence-corrected chi connectivity index (χ0v) is 12.2. The summed E-state index contributed by atoms with van der Waals surface area (Å²) in [6.45, 7) is 1.95. The van der Waals surface area contributed by atoms with Crippen molar-refractivity contribution in [3.05, 3.63) is 54.1 Å². The zero-order chi connectivity index (χ0) is 12.5. The van der Waals surface area contributed by atoms with Crippen LogP contribution in [0.3, 0.4) is 0 Å². The molecule has 0 heterocycles. The van der Waals surface area contributed by atoms with Crippen molar-refractivity contribution >= 4 is 28.2 Å². The molecule has 2 aromatic carbocycles. The highest BCUT2D eigenvalue weighted by Gasteiger charge is 2.15. The van der Waals surface area contributed by atoms with E-state index >= 15 is 0 Å². The average molecular weight is 358 g/mol. The summed E-state index contributed by atoms with van der Waals surface area (Å²) in [6.07, 6.45) is 0. The van der Waals surface area contributed by atoms with E-state index < -0.39 is 7.01 Å². The van der Waals surface area contributed by atoms with E-state index in [1.807, 2.05) is 49.4 Å². The summed E-state index contributed by atoms with van der Waals surface area (Å²) in [5.74, 6) is 0. The maximum absolute atomic E-state index is 11.7. The Morgan fingerprint density at radius 3 is 2.24 bits per heavy atom. The molecule has 4 heteroatoms. The van der Waals surface area contributed by atoms with Crippen molar-refractivity contribution in [3.8, 4) is 11.1 Å². The number of rotatable bonds is 2. The minimum absolute atomic E-state index is 0.370. The van der Waals surface area contributed by atoms with Crippen molar-refractivity contribution in [2.45, 2.75) is 11.8 Å². The summed E-state index contributed by atoms with van der Waals surface area (Å²) in [6, 6.07) is 14.9. The van der Waals surface area contributed by atoms with E-state index in [2.05, 4.69) is 0 Å². The van der Waals surface area contributed by atoms with E-state index in [1.54, 1.807) is 6.07 Å². The van der Waals surface area contributed by atoms with Gasteiger partial charge in [0.1, 0.15) is 0 Å². The van der Waals surface area contributed by atoms with Gasteiger partial charge in [0.05, 0.1) is 26.1 Å². The van der Waals surface area contributed by atoms with Crippen molar-refractivity contribution in [3.63, 3.8) is 0 Å². The Kier molecular flexibility index (Phi) is 3.53. The summed E-state index contributed by atoms with van der Waals surface area (Å²) in [5, 5.41) is 0. The first-order chi connectivity index (χ1) is 7.98. The Hall–Kier alpha value is -0.880. The van der Waals surface area contributed by atoms with E-state index in [4.69, 9.17) is 0 Å². The van der Waals surface area contributed by atoms with Crippen LogP contribution in [0.4, 0.5) is 0 Å². The monoisotopic (exact) mass is 358 g/mol. The molecule has 2 nitrogen and oxygen atoms in total. The fraction of sp³-hybridized carbons (Fsp3) is 0.0769. The van der Waals surface area contributed by atoms with Gasteiger partial charge in [-0.2, -0.15) is 0 Å². The molecule has 0 radical (unpaired) electrons. The number of hydrogen-bond donors (Lipinski definition) is 0. The fourth-order valence-corrected chi connectivity index (χ4v) is 3.52. The topological polar surface area (TPSA) is 34.1 Å². The van der Waals surface area contributed by atoms with Gasteiger partial charge >= 0.3 is 0 Å². The van der Waals surface area contributed by atoms with Crippen LogP contribution < -0.4 is 0 Å². The first kappa shape index (κ1) is 12.6. The van der Waals surface area contributed by atoms with Gasteiger partial charge in [0.25, 0.3) is 0 Å². The fourth-order valence-electron chi connectivity index (χ4n) is 1.70. The average Bonchev–Trinajstić information content (AvgIpc) is 2.28. The molecular weight excluding hydrogens is 347 g/mol. The molecule has 0 bridgehead atoms. The lowest BCUT2D eigenvalue weighted by Gasteiger charge is -2.08. The van der Waals surface area contributed by atoms with Gasteiger partial charge in [-0.25, -0.2) is 8.42 Å². The van der Waals surface area contributed by atoms with E-state index in [0.717, 1.165) is 16.7 Å². The van der Waals surface area contributed by atoms with Crippen LogP contribution in [0.1, 0.15) is 5.56 Å². The lowest BCUT2D eigenvalue weighted by Crippen LogP contribution is -1.94. The molecule has 0 atom stereocenters. The zero-order valence-electron chi connectivity index (χ0n) is 9.22.